The number of amides is 1. The molecule has 1 aromatic rings. The minimum Gasteiger partial charge on any atom is -0.347 e. The summed E-state index contributed by atoms with van der Waals surface area (Å²) in [4.78, 5) is 10.7. The van der Waals surface area contributed by atoms with Crippen LogP contribution in [0, 0.1) is 0 Å². The Labute approximate surface area is 57.1 Å². The van der Waals surface area contributed by atoms with Gasteiger partial charge in [0.15, 0.2) is 5.82 Å². The third-order valence-electron chi connectivity index (χ3n) is 1.45. The van der Waals surface area contributed by atoms with Gasteiger partial charge in [0.1, 0.15) is 12.9 Å². The summed E-state index contributed by atoms with van der Waals surface area (Å²) >= 11 is 0. The van der Waals surface area contributed by atoms with Crippen molar-refractivity contribution in [1.82, 2.24) is 20.1 Å². The summed E-state index contributed by atoms with van der Waals surface area (Å²) in [5.41, 5.74) is 0. The van der Waals surface area contributed by atoms with Gasteiger partial charge in [-0.3, -0.25) is 4.79 Å². The number of rotatable bonds is 0. The van der Waals surface area contributed by atoms with Crippen LogP contribution in [-0.4, -0.2) is 20.7 Å². The molecule has 0 aliphatic carbocycles. The topological polar surface area (TPSA) is 59.8 Å². The molecule has 1 N–H and O–H groups in total. The molecule has 0 saturated carbocycles. The van der Waals surface area contributed by atoms with E-state index < -0.39 is 0 Å². The Morgan fingerprint density at radius 1 is 1.70 bits per heavy atom. The second kappa shape index (κ2) is 1.80. The zero-order valence-corrected chi connectivity index (χ0v) is 5.24. The van der Waals surface area contributed by atoms with Crippen LogP contribution in [-0.2, 0) is 17.9 Å². The average Bonchev–Trinajstić information content (AvgIpc) is 2.33. The molecule has 1 amide bonds. The zero-order valence-electron chi connectivity index (χ0n) is 5.24. The van der Waals surface area contributed by atoms with Gasteiger partial charge in [-0.15, -0.1) is 10.2 Å². The molecule has 1 aliphatic rings. The number of carbonyl (C=O) groups excluding carboxylic acids is 1. The largest absolute Gasteiger partial charge is 0.347 e. The Morgan fingerprint density at radius 3 is 3.50 bits per heavy atom. The third kappa shape index (κ3) is 0.671. The van der Waals surface area contributed by atoms with Crippen molar-refractivity contribution in [1.29, 1.82) is 0 Å². The van der Waals surface area contributed by atoms with Gasteiger partial charge in [-0.25, -0.2) is 0 Å². The maximum atomic E-state index is 10.7. The Kier molecular flexibility index (Phi) is 0.969. The summed E-state index contributed by atoms with van der Waals surface area (Å²) in [6.45, 7) is 0.848. The molecule has 0 aromatic carbocycles. The van der Waals surface area contributed by atoms with E-state index in [0.717, 1.165) is 5.82 Å². The minimum absolute atomic E-state index is 0.0206. The van der Waals surface area contributed by atoms with E-state index in [2.05, 4.69) is 15.5 Å². The Hall–Kier alpha value is -1.39. The van der Waals surface area contributed by atoms with Gasteiger partial charge in [-0.1, -0.05) is 0 Å². The molecular formula is C5H6N4O. The number of carbonyl (C=O) groups is 1. The summed E-state index contributed by atoms with van der Waals surface area (Å²) in [5.74, 6) is 0.840. The van der Waals surface area contributed by atoms with Crippen molar-refractivity contribution in [3.8, 4) is 0 Å². The summed E-state index contributed by atoms with van der Waals surface area (Å²) in [6, 6.07) is 0. The third-order valence-corrected chi connectivity index (χ3v) is 1.45. The lowest BCUT2D eigenvalue weighted by Crippen LogP contribution is -2.33. The van der Waals surface area contributed by atoms with Gasteiger partial charge in [0.2, 0.25) is 5.91 Å². The van der Waals surface area contributed by atoms with Crippen molar-refractivity contribution in [3.05, 3.63) is 12.2 Å². The summed E-state index contributed by atoms with van der Waals surface area (Å²) in [6.07, 6.45) is 1.56. The van der Waals surface area contributed by atoms with Gasteiger partial charge >= 0.3 is 0 Å². The summed E-state index contributed by atoms with van der Waals surface area (Å²) < 4.78 is 1.73. The highest BCUT2D eigenvalue weighted by molar-refractivity contribution is 5.76. The van der Waals surface area contributed by atoms with Crippen LogP contribution in [0.25, 0.3) is 0 Å². The van der Waals surface area contributed by atoms with Gasteiger partial charge in [0, 0.05) is 0 Å². The Morgan fingerprint density at radius 2 is 2.60 bits per heavy atom. The SMILES string of the molecule is O=C1Cn2cnnc2CN1. The molecule has 1 aromatic heterocycles. The van der Waals surface area contributed by atoms with Crippen LogP contribution < -0.4 is 5.32 Å². The first-order valence-corrected chi connectivity index (χ1v) is 2.99. The molecule has 0 spiro atoms. The quantitative estimate of drug-likeness (QED) is 0.495. The molecular weight excluding hydrogens is 132 g/mol. The highest BCUT2D eigenvalue weighted by Crippen LogP contribution is 1.98. The van der Waals surface area contributed by atoms with Crippen LogP contribution in [0.5, 0.6) is 0 Å². The van der Waals surface area contributed by atoms with Crippen molar-refractivity contribution >= 4 is 5.91 Å². The lowest BCUT2D eigenvalue weighted by molar-refractivity contribution is -0.122. The van der Waals surface area contributed by atoms with Crippen LogP contribution in [0.1, 0.15) is 5.82 Å². The molecule has 52 valence electrons. The van der Waals surface area contributed by atoms with E-state index in [4.69, 9.17) is 0 Å². The van der Waals surface area contributed by atoms with Crippen LogP contribution in [0.2, 0.25) is 0 Å². The highest BCUT2D eigenvalue weighted by atomic mass is 16.2. The predicted molar refractivity (Wildman–Crippen MR) is 31.9 cm³/mol. The molecule has 0 bridgehead atoms. The first-order chi connectivity index (χ1) is 4.86. The molecule has 5 nitrogen and oxygen atoms in total. The van der Waals surface area contributed by atoms with Gasteiger partial charge in [-0.05, 0) is 0 Å². The molecule has 2 rings (SSSR count). The molecule has 10 heavy (non-hydrogen) atoms. The summed E-state index contributed by atoms with van der Waals surface area (Å²) in [7, 11) is 0. The Balaban J connectivity index is 2.39. The molecule has 0 unspecified atom stereocenters. The number of aromatic nitrogens is 3. The smallest absolute Gasteiger partial charge is 0.240 e. The molecule has 2 heterocycles. The predicted octanol–water partition coefficient (Wildman–Crippen LogP) is -1.09. The second-order valence-electron chi connectivity index (χ2n) is 2.15. The van der Waals surface area contributed by atoms with Crippen molar-refractivity contribution in [2.75, 3.05) is 0 Å². The van der Waals surface area contributed by atoms with Gasteiger partial charge in [0.25, 0.3) is 0 Å². The lowest BCUT2D eigenvalue weighted by Gasteiger charge is -2.12. The van der Waals surface area contributed by atoms with E-state index in [0.29, 0.717) is 13.1 Å². The van der Waals surface area contributed by atoms with E-state index in [1.54, 1.807) is 10.9 Å². The van der Waals surface area contributed by atoms with Crippen molar-refractivity contribution in [2.45, 2.75) is 13.1 Å². The zero-order chi connectivity index (χ0) is 6.97. The van der Waals surface area contributed by atoms with Crippen LogP contribution in [0.3, 0.4) is 0 Å². The lowest BCUT2D eigenvalue weighted by atomic mass is 10.4. The number of hydrogen-bond donors (Lipinski definition) is 1. The highest BCUT2D eigenvalue weighted by Gasteiger charge is 2.13. The van der Waals surface area contributed by atoms with Crippen molar-refractivity contribution in [2.24, 2.45) is 0 Å². The van der Waals surface area contributed by atoms with Crippen molar-refractivity contribution in [3.63, 3.8) is 0 Å². The maximum Gasteiger partial charge on any atom is 0.240 e. The first kappa shape index (κ1) is 5.40. The van der Waals surface area contributed by atoms with E-state index >= 15 is 0 Å². The standard InChI is InChI=1S/C5H6N4O/c10-5-2-9-3-7-8-4(9)1-6-5/h3H,1-2H2,(H,6,10). The second-order valence-corrected chi connectivity index (χ2v) is 2.15. The Bertz CT molecular complexity index is 266. The maximum absolute atomic E-state index is 10.7. The molecule has 0 fully saturated rings. The molecule has 0 atom stereocenters. The fraction of sp³-hybridized carbons (Fsp3) is 0.400. The number of nitrogens with one attached hydrogen (secondary N) is 1. The van der Waals surface area contributed by atoms with Gasteiger partial charge < -0.3 is 9.88 Å². The van der Waals surface area contributed by atoms with Gasteiger partial charge in [0.05, 0.1) is 6.54 Å². The molecule has 5 heteroatoms. The van der Waals surface area contributed by atoms with Crippen LogP contribution >= 0.6 is 0 Å². The normalized spacial score (nSPS) is 16.2. The number of fused-ring (bicyclic) bond motifs is 1. The fourth-order valence-electron chi connectivity index (χ4n) is 0.936. The number of hydrogen-bond acceptors (Lipinski definition) is 3. The van der Waals surface area contributed by atoms with Gasteiger partial charge in [-0.2, -0.15) is 0 Å². The van der Waals surface area contributed by atoms with Crippen LogP contribution in [0.4, 0.5) is 0 Å². The number of nitrogens with zero attached hydrogens (tertiary/aromatic N) is 3. The molecule has 1 aliphatic heterocycles. The monoisotopic (exact) mass is 138 g/mol. The van der Waals surface area contributed by atoms with E-state index in [9.17, 15) is 4.79 Å². The minimum atomic E-state index is 0.0206. The molecule has 0 radical (unpaired) electrons. The molecule has 0 saturated heterocycles. The average molecular weight is 138 g/mol. The van der Waals surface area contributed by atoms with Crippen molar-refractivity contribution < 1.29 is 4.79 Å². The first-order valence-electron chi connectivity index (χ1n) is 2.99. The van der Waals surface area contributed by atoms with E-state index in [-0.39, 0.29) is 5.91 Å². The fourth-order valence-corrected chi connectivity index (χ4v) is 0.936. The summed E-state index contributed by atoms with van der Waals surface area (Å²) in [5, 5.41) is 10.1. The van der Waals surface area contributed by atoms with E-state index in [1.807, 2.05) is 0 Å². The van der Waals surface area contributed by atoms with E-state index in [1.165, 1.54) is 0 Å². The van der Waals surface area contributed by atoms with Crippen LogP contribution in [0.15, 0.2) is 6.33 Å².